The Hall–Kier alpha value is -1.84. The summed E-state index contributed by atoms with van der Waals surface area (Å²) < 4.78 is 17.2. The quantitative estimate of drug-likeness (QED) is 0.584. The van der Waals surface area contributed by atoms with Crippen LogP contribution in [0.2, 0.25) is 6.32 Å². The Morgan fingerprint density at radius 3 is 2.60 bits per heavy atom. The van der Waals surface area contributed by atoms with Gasteiger partial charge in [0.1, 0.15) is 5.60 Å². The van der Waals surface area contributed by atoms with Gasteiger partial charge in [0.15, 0.2) is 0 Å². The topological polar surface area (TPSA) is 68.6 Å². The lowest BCUT2D eigenvalue weighted by Crippen LogP contribution is -2.43. The molecule has 1 aliphatic rings. The molecule has 0 aliphatic carbocycles. The van der Waals surface area contributed by atoms with E-state index < -0.39 is 12.7 Å². The van der Waals surface area contributed by atoms with Crippen molar-refractivity contribution < 1.29 is 18.8 Å². The van der Waals surface area contributed by atoms with Crippen LogP contribution >= 0.6 is 0 Å². The summed E-state index contributed by atoms with van der Waals surface area (Å²) in [5.74, 6) is -0.281. The number of benzene rings is 1. The van der Waals surface area contributed by atoms with Gasteiger partial charge in [0.05, 0.1) is 31.1 Å². The van der Waals surface area contributed by atoms with Crippen LogP contribution in [0.3, 0.4) is 0 Å². The zero-order valence-corrected chi connectivity index (χ0v) is 15.2. The van der Waals surface area contributed by atoms with Crippen molar-refractivity contribution in [3.8, 4) is 6.07 Å². The average molecular weight is 343 g/mol. The molecule has 1 heterocycles. The van der Waals surface area contributed by atoms with Crippen molar-refractivity contribution in [2.24, 2.45) is 0 Å². The molecule has 2 unspecified atom stereocenters. The van der Waals surface area contributed by atoms with Crippen molar-refractivity contribution >= 4 is 13.1 Å². The summed E-state index contributed by atoms with van der Waals surface area (Å²) in [5, 5.41) is 8.97. The Morgan fingerprint density at radius 2 is 1.96 bits per heavy atom. The van der Waals surface area contributed by atoms with Gasteiger partial charge in [-0.15, -0.1) is 0 Å². The van der Waals surface area contributed by atoms with Gasteiger partial charge in [-0.3, -0.25) is 4.79 Å². The molecule has 6 heteroatoms. The van der Waals surface area contributed by atoms with E-state index in [2.05, 4.69) is 18.2 Å². The van der Waals surface area contributed by atoms with Crippen LogP contribution in [0.25, 0.3) is 0 Å². The molecule has 5 nitrogen and oxygen atoms in total. The van der Waals surface area contributed by atoms with Crippen molar-refractivity contribution in [3.63, 3.8) is 0 Å². The molecule has 1 aromatic carbocycles. The molecule has 0 amide bonds. The number of ether oxygens (including phenoxy) is 1. The van der Waals surface area contributed by atoms with Crippen LogP contribution in [0.15, 0.2) is 30.3 Å². The maximum absolute atomic E-state index is 12.1. The number of hydrogen-bond donors (Lipinski definition) is 0. The van der Waals surface area contributed by atoms with E-state index >= 15 is 0 Å². The standard InChI is InChI=1S/C19H26BNO4/c1-19(2,3)23-18(22)14-17-13-16(10-12-21)24-20(25-17)11-9-15-7-5-4-6-8-15/h4-8,16-17H,9-11,13-14H2,1-3H3. The second-order valence-electron chi connectivity index (χ2n) is 7.36. The first-order chi connectivity index (χ1) is 11.9. The number of carbonyl (C=O) groups is 1. The van der Waals surface area contributed by atoms with Gasteiger partial charge in [-0.05, 0) is 45.5 Å². The van der Waals surface area contributed by atoms with E-state index in [9.17, 15) is 4.79 Å². The molecule has 1 aliphatic heterocycles. The molecule has 2 rings (SSSR count). The van der Waals surface area contributed by atoms with E-state index in [1.54, 1.807) is 0 Å². The van der Waals surface area contributed by atoms with Crippen molar-refractivity contribution in [3.05, 3.63) is 35.9 Å². The first-order valence-electron chi connectivity index (χ1n) is 8.79. The number of esters is 1. The largest absolute Gasteiger partial charge is 0.460 e. The lowest BCUT2D eigenvalue weighted by atomic mass is 9.78. The van der Waals surface area contributed by atoms with Crippen molar-refractivity contribution in [2.75, 3.05) is 0 Å². The maximum Gasteiger partial charge on any atom is 0.457 e. The summed E-state index contributed by atoms with van der Waals surface area (Å²) in [5.41, 5.74) is 0.696. The fourth-order valence-corrected chi connectivity index (χ4v) is 2.86. The van der Waals surface area contributed by atoms with Crippen LogP contribution in [0.5, 0.6) is 0 Å². The molecule has 1 fully saturated rings. The smallest absolute Gasteiger partial charge is 0.457 e. The SMILES string of the molecule is CC(C)(C)OC(=O)CC1CC(CC#N)OB(CCc2ccccc2)O1. The third-order valence-corrected chi connectivity index (χ3v) is 3.86. The van der Waals surface area contributed by atoms with E-state index in [-0.39, 0.29) is 24.6 Å². The average Bonchev–Trinajstić information content (AvgIpc) is 2.52. The molecule has 0 saturated carbocycles. The van der Waals surface area contributed by atoms with Gasteiger partial charge in [0.2, 0.25) is 0 Å². The summed E-state index contributed by atoms with van der Waals surface area (Å²) >= 11 is 0. The summed E-state index contributed by atoms with van der Waals surface area (Å²) in [4.78, 5) is 12.1. The number of nitriles is 1. The molecule has 0 N–H and O–H groups in total. The fraction of sp³-hybridized carbons (Fsp3) is 0.579. The van der Waals surface area contributed by atoms with E-state index in [1.807, 2.05) is 39.0 Å². The van der Waals surface area contributed by atoms with Crippen LogP contribution in [-0.2, 0) is 25.3 Å². The molecular weight excluding hydrogens is 317 g/mol. The monoisotopic (exact) mass is 343 g/mol. The molecular formula is C19H26BNO4. The van der Waals surface area contributed by atoms with Crippen LogP contribution < -0.4 is 0 Å². The summed E-state index contributed by atoms with van der Waals surface area (Å²) in [7, 11) is -0.403. The first-order valence-corrected chi connectivity index (χ1v) is 8.79. The lowest BCUT2D eigenvalue weighted by molar-refractivity contribution is -0.157. The van der Waals surface area contributed by atoms with E-state index in [1.165, 1.54) is 5.56 Å². The highest BCUT2D eigenvalue weighted by molar-refractivity contribution is 6.44. The number of nitrogens with zero attached hydrogens (tertiary/aromatic N) is 1. The zero-order valence-electron chi connectivity index (χ0n) is 15.2. The first kappa shape index (κ1) is 19.5. The van der Waals surface area contributed by atoms with Crippen molar-refractivity contribution in [1.82, 2.24) is 0 Å². The van der Waals surface area contributed by atoms with Crippen LogP contribution in [0.4, 0.5) is 0 Å². The normalized spacial score (nSPS) is 20.8. The Kier molecular flexibility index (Phi) is 7.04. The van der Waals surface area contributed by atoms with Crippen molar-refractivity contribution in [1.29, 1.82) is 5.26 Å². The Balaban J connectivity index is 1.91. The van der Waals surface area contributed by atoms with Crippen molar-refractivity contribution in [2.45, 2.75) is 70.6 Å². The van der Waals surface area contributed by atoms with Gasteiger partial charge in [0, 0.05) is 0 Å². The summed E-state index contributed by atoms with van der Waals surface area (Å²) in [6.07, 6.45) is 2.06. The van der Waals surface area contributed by atoms with Crippen LogP contribution in [0, 0.1) is 11.3 Å². The molecule has 1 aromatic rings. The second-order valence-corrected chi connectivity index (χ2v) is 7.36. The number of hydrogen-bond acceptors (Lipinski definition) is 5. The molecule has 0 spiro atoms. The number of carbonyl (C=O) groups excluding carboxylic acids is 1. The predicted molar refractivity (Wildman–Crippen MR) is 95.8 cm³/mol. The fourth-order valence-electron chi connectivity index (χ4n) is 2.86. The van der Waals surface area contributed by atoms with E-state index in [0.717, 1.165) is 6.42 Å². The minimum absolute atomic E-state index is 0.185. The molecule has 2 atom stereocenters. The van der Waals surface area contributed by atoms with Gasteiger partial charge in [-0.1, -0.05) is 30.3 Å². The third kappa shape index (κ3) is 7.29. The van der Waals surface area contributed by atoms with Crippen LogP contribution in [-0.4, -0.2) is 30.9 Å². The Morgan fingerprint density at radius 1 is 1.28 bits per heavy atom. The van der Waals surface area contributed by atoms with Gasteiger partial charge in [0.25, 0.3) is 0 Å². The third-order valence-electron chi connectivity index (χ3n) is 3.86. The minimum atomic E-state index is -0.513. The zero-order chi connectivity index (χ0) is 18.3. The summed E-state index contributed by atoms with van der Waals surface area (Å²) in [6.45, 7) is 5.53. The molecule has 0 bridgehead atoms. The predicted octanol–water partition coefficient (Wildman–Crippen LogP) is 3.54. The molecule has 25 heavy (non-hydrogen) atoms. The van der Waals surface area contributed by atoms with Gasteiger partial charge in [-0.2, -0.15) is 5.26 Å². The second kappa shape index (κ2) is 9.03. The molecule has 134 valence electrons. The van der Waals surface area contributed by atoms with E-state index in [0.29, 0.717) is 19.2 Å². The maximum atomic E-state index is 12.1. The molecule has 0 aromatic heterocycles. The highest BCUT2D eigenvalue weighted by atomic mass is 16.6. The summed E-state index contributed by atoms with van der Waals surface area (Å²) in [6, 6.07) is 12.3. The Bertz CT molecular complexity index is 594. The Labute approximate surface area is 150 Å². The molecule has 1 saturated heterocycles. The number of rotatable bonds is 6. The highest BCUT2D eigenvalue weighted by Gasteiger charge is 2.35. The highest BCUT2D eigenvalue weighted by Crippen LogP contribution is 2.24. The number of aryl methyl sites for hydroxylation is 1. The lowest BCUT2D eigenvalue weighted by Gasteiger charge is -2.33. The van der Waals surface area contributed by atoms with Crippen LogP contribution in [0.1, 0.15) is 45.6 Å². The van der Waals surface area contributed by atoms with E-state index in [4.69, 9.17) is 19.3 Å². The van der Waals surface area contributed by atoms with Gasteiger partial charge in [-0.25, -0.2) is 0 Å². The minimum Gasteiger partial charge on any atom is -0.460 e. The van der Waals surface area contributed by atoms with Gasteiger partial charge < -0.3 is 14.0 Å². The van der Waals surface area contributed by atoms with Gasteiger partial charge >= 0.3 is 13.1 Å². The molecule has 0 radical (unpaired) electrons.